The van der Waals surface area contributed by atoms with Crippen LogP contribution in [0, 0.1) is 0 Å². The van der Waals surface area contributed by atoms with E-state index >= 15 is 0 Å². The van der Waals surface area contributed by atoms with E-state index < -0.39 is 17.9 Å². The van der Waals surface area contributed by atoms with Crippen LogP contribution in [0.4, 0.5) is 5.69 Å². The van der Waals surface area contributed by atoms with Gasteiger partial charge >= 0.3 is 0 Å². The smallest absolute Gasteiger partial charge is 0.262 e. The number of aryl methyl sites for hydroxylation is 2. The van der Waals surface area contributed by atoms with Crippen LogP contribution >= 0.6 is 11.6 Å². The highest BCUT2D eigenvalue weighted by Crippen LogP contribution is 2.31. The number of ketones is 2. The number of anilines is 1. The molecule has 7 nitrogen and oxygen atoms in total. The van der Waals surface area contributed by atoms with Crippen LogP contribution in [-0.2, 0) is 29.0 Å². The monoisotopic (exact) mass is 569 g/mol. The molecule has 1 saturated heterocycles. The van der Waals surface area contributed by atoms with E-state index in [1.165, 1.54) is 11.3 Å². The van der Waals surface area contributed by atoms with Crippen molar-refractivity contribution in [2.45, 2.75) is 44.7 Å². The van der Waals surface area contributed by atoms with E-state index in [0.717, 1.165) is 60.2 Å². The van der Waals surface area contributed by atoms with Crippen LogP contribution in [0.5, 0.6) is 0 Å². The first-order valence-electron chi connectivity index (χ1n) is 14.2. The summed E-state index contributed by atoms with van der Waals surface area (Å²) < 4.78 is 0. The maximum Gasteiger partial charge on any atom is 0.262 e. The maximum atomic E-state index is 13.4. The molecule has 1 unspecified atom stereocenters. The molecule has 2 fully saturated rings. The highest BCUT2D eigenvalue weighted by molar-refractivity contribution is 6.30. The van der Waals surface area contributed by atoms with E-state index in [1.54, 1.807) is 12.1 Å². The van der Waals surface area contributed by atoms with Crippen LogP contribution in [-0.4, -0.2) is 65.4 Å². The molecule has 1 saturated carbocycles. The lowest BCUT2D eigenvalue weighted by Crippen LogP contribution is -2.47. The average Bonchev–Trinajstić information content (AvgIpc) is 3.23. The molecule has 210 valence electrons. The molecule has 1 atom stereocenters. The number of fused-ring (bicyclic) bond motifs is 1. The lowest BCUT2D eigenvalue weighted by Gasteiger charge is -2.36. The molecule has 3 aliphatic rings. The van der Waals surface area contributed by atoms with Crippen molar-refractivity contribution in [3.8, 4) is 0 Å². The van der Waals surface area contributed by atoms with Crippen molar-refractivity contribution >= 4 is 40.7 Å². The number of nitrogens with zero attached hydrogens (tertiary/aromatic N) is 3. The Balaban J connectivity index is 1.05. The topological polar surface area (TPSA) is 78.0 Å². The molecule has 0 radical (unpaired) electrons. The zero-order valence-electron chi connectivity index (χ0n) is 22.9. The van der Waals surface area contributed by atoms with Crippen LogP contribution < -0.4 is 4.90 Å². The Kier molecular flexibility index (Phi) is 7.73. The molecule has 1 aliphatic carbocycles. The van der Waals surface area contributed by atoms with Gasteiger partial charge in [0.05, 0.1) is 23.6 Å². The SMILES string of the molecule is O=C1CCC(N2C(=O)c3cccc(CCc4ccc(CN5CCN(c6ccc(Cl)cc6)CC5)cc4)c3C2=O)C(=O)C1. The summed E-state index contributed by atoms with van der Waals surface area (Å²) in [5.41, 5.74) is 5.20. The summed E-state index contributed by atoms with van der Waals surface area (Å²) in [6.07, 6.45) is 1.56. The van der Waals surface area contributed by atoms with Crippen LogP contribution in [0.2, 0.25) is 5.02 Å². The minimum Gasteiger partial charge on any atom is -0.369 e. The van der Waals surface area contributed by atoms with Gasteiger partial charge in [-0.15, -0.1) is 0 Å². The van der Waals surface area contributed by atoms with E-state index in [0.29, 0.717) is 17.5 Å². The first-order valence-corrected chi connectivity index (χ1v) is 14.6. The minimum absolute atomic E-state index is 0.133. The fourth-order valence-electron chi connectivity index (χ4n) is 6.16. The lowest BCUT2D eigenvalue weighted by atomic mass is 9.92. The van der Waals surface area contributed by atoms with Crippen LogP contribution in [0.25, 0.3) is 0 Å². The van der Waals surface area contributed by atoms with E-state index in [-0.39, 0.29) is 30.8 Å². The Hall–Kier alpha value is -3.81. The number of rotatable bonds is 7. The molecule has 0 aromatic heterocycles. The molecule has 3 aromatic carbocycles. The molecule has 6 rings (SSSR count). The highest BCUT2D eigenvalue weighted by Gasteiger charge is 2.45. The number of imide groups is 1. The molecule has 2 heterocycles. The number of piperazine rings is 1. The van der Waals surface area contributed by atoms with Gasteiger partial charge < -0.3 is 4.90 Å². The van der Waals surface area contributed by atoms with E-state index in [4.69, 9.17) is 11.6 Å². The van der Waals surface area contributed by atoms with Gasteiger partial charge in [-0.1, -0.05) is 48.0 Å². The van der Waals surface area contributed by atoms with Gasteiger partial charge in [0.1, 0.15) is 5.78 Å². The molecule has 2 amide bonds. The first-order chi connectivity index (χ1) is 19.9. The Morgan fingerprint density at radius 2 is 1.46 bits per heavy atom. The summed E-state index contributed by atoms with van der Waals surface area (Å²) in [5, 5.41) is 0.755. The van der Waals surface area contributed by atoms with Crippen molar-refractivity contribution < 1.29 is 19.2 Å². The van der Waals surface area contributed by atoms with Gasteiger partial charge in [-0.05, 0) is 66.3 Å². The number of hydrogen-bond donors (Lipinski definition) is 0. The van der Waals surface area contributed by atoms with Crippen molar-refractivity contribution in [1.29, 1.82) is 0 Å². The summed E-state index contributed by atoms with van der Waals surface area (Å²) in [7, 11) is 0. The summed E-state index contributed by atoms with van der Waals surface area (Å²) in [6.45, 7) is 4.85. The van der Waals surface area contributed by atoms with E-state index in [1.807, 2.05) is 18.2 Å². The predicted octanol–water partition coefficient (Wildman–Crippen LogP) is 4.73. The average molecular weight is 570 g/mol. The van der Waals surface area contributed by atoms with Crippen molar-refractivity contribution in [3.63, 3.8) is 0 Å². The number of halogens is 1. The molecule has 8 heteroatoms. The number of benzene rings is 3. The zero-order chi connectivity index (χ0) is 28.5. The molecule has 0 N–H and O–H groups in total. The summed E-state index contributed by atoms with van der Waals surface area (Å²) in [5.74, 6) is -1.33. The third kappa shape index (κ3) is 5.69. The highest BCUT2D eigenvalue weighted by atomic mass is 35.5. The van der Waals surface area contributed by atoms with Crippen LogP contribution in [0.15, 0.2) is 66.7 Å². The molecular weight excluding hydrogens is 538 g/mol. The number of carbonyl (C=O) groups is 4. The van der Waals surface area contributed by atoms with Gasteiger partial charge in [-0.3, -0.25) is 29.0 Å². The fourth-order valence-corrected chi connectivity index (χ4v) is 6.29. The second-order valence-electron chi connectivity index (χ2n) is 11.1. The molecular formula is C33H32ClN3O4. The third-order valence-electron chi connectivity index (χ3n) is 8.46. The molecule has 0 bridgehead atoms. The Bertz CT molecular complexity index is 1490. The Morgan fingerprint density at radius 1 is 0.756 bits per heavy atom. The van der Waals surface area contributed by atoms with Crippen molar-refractivity contribution in [2.75, 3.05) is 31.1 Å². The maximum absolute atomic E-state index is 13.4. The second kappa shape index (κ2) is 11.6. The number of hydrogen-bond acceptors (Lipinski definition) is 6. The Morgan fingerprint density at radius 3 is 2.17 bits per heavy atom. The minimum atomic E-state index is -0.846. The fraction of sp³-hybridized carbons (Fsp3) is 0.333. The first kappa shape index (κ1) is 27.4. The standard InChI is InChI=1S/C33H32ClN3O4/c34-25-10-12-26(13-11-25)36-18-16-35(17-19-36)21-23-6-4-22(5-7-23)8-9-24-2-1-3-28-31(24)33(41)37(32(28)40)29-15-14-27(38)20-30(29)39/h1-7,10-13,29H,8-9,14-21H2. The van der Waals surface area contributed by atoms with E-state index in [9.17, 15) is 19.2 Å². The van der Waals surface area contributed by atoms with Crippen LogP contribution in [0.3, 0.4) is 0 Å². The van der Waals surface area contributed by atoms with Gasteiger partial charge in [-0.25, -0.2) is 0 Å². The van der Waals surface area contributed by atoms with Gasteiger partial charge in [0, 0.05) is 49.9 Å². The Labute approximate surface area is 244 Å². The normalized spacial score (nSPS) is 19.7. The van der Waals surface area contributed by atoms with Gasteiger partial charge in [-0.2, -0.15) is 0 Å². The molecule has 3 aromatic rings. The van der Waals surface area contributed by atoms with E-state index in [2.05, 4.69) is 46.2 Å². The van der Waals surface area contributed by atoms with Crippen molar-refractivity contribution in [2.24, 2.45) is 0 Å². The number of carbonyl (C=O) groups excluding carboxylic acids is 4. The number of amides is 2. The predicted molar refractivity (Wildman–Crippen MR) is 157 cm³/mol. The van der Waals surface area contributed by atoms with Gasteiger partial charge in [0.15, 0.2) is 5.78 Å². The summed E-state index contributed by atoms with van der Waals surface area (Å²) in [4.78, 5) is 56.6. The molecule has 2 aliphatic heterocycles. The van der Waals surface area contributed by atoms with Gasteiger partial charge in [0.2, 0.25) is 0 Å². The van der Waals surface area contributed by atoms with Crippen molar-refractivity contribution in [3.05, 3.63) is 99.6 Å². The number of Topliss-reactive ketones (excluding diaryl/α,β-unsaturated/α-hetero) is 2. The second-order valence-corrected chi connectivity index (χ2v) is 11.5. The summed E-state index contributed by atoms with van der Waals surface area (Å²) in [6, 6.07) is 21.1. The van der Waals surface area contributed by atoms with Crippen LogP contribution in [0.1, 0.15) is 56.7 Å². The molecule has 41 heavy (non-hydrogen) atoms. The van der Waals surface area contributed by atoms with Crippen molar-refractivity contribution in [1.82, 2.24) is 9.80 Å². The third-order valence-corrected chi connectivity index (χ3v) is 8.71. The largest absolute Gasteiger partial charge is 0.369 e. The lowest BCUT2D eigenvalue weighted by molar-refractivity contribution is -0.132. The van der Waals surface area contributed by atoms with Gasteiger partial charge in [0.25, 0.3) is 11.8 Å². The summed E-state index contributed by atoms with van der Waals surface area (Å²) >= 11 is 6.03. The zero-order valence-corrected chi connectivity index (χ0v) is 23.6. The molecule has 0 spiro atoms. The quantitative estimate of drug-likeness (QED) is 0.302.